The molecule has 0 spiro atoms. The molecule has 0 aromatic rings. The predicted octanol–water partition coefficient (Wildman–Crippen LogP) is 0.311. The molecule has 0 aliphatic rings. The second kappa shape index (κ2) is 7.28. The van der Waals surface area contributed by atoms with Gasteiger partial charge in [0.25, 0.3) is 0 Å². The molecule has 4 N–H and O–H groups in total. The topological polar surface area (TPSA) is 107 Å². The van der Waals surface area contributed by atoms with E-state index in [2.05, 4.69) is 0 Å². The molecule has 0 saturated heterocycles. The average Bonchev–Trinajstić information content (AvgIpc) is 2.09. The van der Waals surface area contributed by atoms with Gasteiger partial charge in [0.2, 0.25) is 0 Å². The number of unbranched alkanes of at least 4 members (excludes halogenated alkanes) is 2. The quantitative estimate of drug-likeness (QED) is 0.258. The monoisotopic (exact) mass is 205 g/mol. The first-order valence-corrected chi connectivity index (χ1v) is 4.42. The van der Waals surface area contributed by atoms with Gasteiger partial charge < -0.3 is 15.4 Å². The molecule has 6 nitrogen and oxygen atoms in total. The van der Waals surface area contributed by atoms with Gasteiger partial charge in [-0.25, -0.2) is 5.48 Å². The third kappa shape index (κ3) is 5.50. The normalized spacial score (nSPS) is 10.4. The third-order valence-corrected chi connectivity index (χ3v) is 1.88. The Kier molecular flexibility index (Phi) is 6.69. The van der Waals surface area contributed by atoms with E-state index in [-0.39, 0.29) is 6.42 Å². The molecule has 6 heteroatoms. The highest BCUT2D eigenvalue weighted by Gasteiger charge is 2.24. The molecule has 0 aliphatic heterocycles. The fourth-order valence-electron chi connectivity index (χ4n) is 1.08. The SMILES string of the molecule is O=C(O)C(CCCCCNO)C(=O)O. The fourth-order valence-corrected chi connectivity index (χ4v) is 1.08. The van der Waals surface area contributed by atoms with Crippen molar-refractivity contribution >= 4 is 11.9 Å². The minimum atomic E-state index is -1.31. The predicted molar refractivity (Wildman–Crippen MR) is 47.0 cm³/mol. The van der Waals surface area contributed by atoms with Crippen LogP contribution in [-0.2, 0) is 9.59 Å². The van der Waals surface area contributed by atoms with E-state index in [1.165, 1.54) is 0 Å². The van der Waals surface area contributed by atoms with Crippen LogP contribution in [-0.4, -0.2) is 33.9 Å². The smallest absolute Gasteiger partial charge is 0.317 e. The van der Waals surface area contributed by atoms with Crippen LogP contribution in [0.5, 0.6) is 0 Å². The molecule has 0 rings (SSSR count). The number of carbonyl (C=O) groups is 2. The number of hydroxylamine groups is 1. The molecule has 0 unspecified atom stereocenters. The molecule has 0 saturated carbocycles. The molecule has 0 aromatic carbocycles. The molecule has 0 heterocycles. The van der Waals surface area contributed by atoms with E-state index in [0.29, 0.717) is 25.8 Å². The van der Waals surface area contributed by atoms with Crippen molar-refractivity contribution in [1.29, 1.82) is 0 Å². The summed E-state index contributed by atoms with van der Waals surface area (Å²) in [5, 5.41) is 25.2. The molecule has 0 atom stereocenters. The Bertz CT molecular complexity index is 180. The van der Waals surface area contributed by atoms with Gasteiger partial charge in [-0.3, -0.25) is 9.59 Å². The molecule has 0 amide bonds. The number of hydrogen-bond donors (Lipinski definition) is 4. The van der Waals surface area contributed by atoms with E-state index in [9.17, 15) is 9.59 Å². The Morgan fingerprint density at radius 3 is 2.07 bits per heavy atom. The van der Waals surface area contributed by atoms with Crippen LogP contribution in [0.2, 0.25) is 0 Å². The summed E-state index contributed by atoms with van der Waals surface area (Å²) in [6, 6.07) is 0. The second-order valence-corrected chi connectivity index (χ2v) is 2.99. The van der Waals surface area contributed by atoms with Gasteiger partial charge in [0.1, 0.15) is 0 Å². The highest BCUT2D eigenvalue weighted by Crippen LogP contribution is 2.10. The number of nitrogens with one attached hydrogen (secondary N) is 1. The van der Waals surface area contributed by atoms with Crippen molar-refractivity contribution in [3.63, 3.8) is 0 Å². The highest BCUT2D eigenvalue weighted by molar-refractivity contribution is 5.92. The minimum absolute atomic E-state index is 0.135. The first-order valence-electron chi connectivity index (χ1n) is 4.42. The molecule has 0 aliphatic carbocycles. The molecule has 0 radical (unpaired) electrons. The summed E-state index contributed by atoms with van der Waals surface area (Å²) in [5.74, 6) is -3.90. The zero-order chi connectivity index (χ0) is 11.0. The van der Waals surface area contributed by atoms with Gasteiger partial charge in [0.15, 0.2) is 5.92 Å². The summed E-state index contributed by atoms with van der Waals surface area (Å²) in [5.41, 5.74) is 1.97. The largest absolute Gasteiger partial charge is 0.481 e. The first-order chi connectivity index (χ1) is 6.59. The molecule has 0 bridgehead atoms. The van der Waals surface area contributed by atoms with Gasteiger partial charge in [0, 0.05) is 6.54 Å². The average molecular weight is 205 g/mol. The van der Waals surface area contributed by atoms with E-state index in [0.717, 1.165) is 0 Å². The lowest BCUT2D eigenvalue weighted by Crippen LogP contribution is -2.23. The van der Waals surface area contributed by atoms with E-state index < -0.39 is 17.9 Å². The number of carboxylic acids is 2. The Morgan fingerprint density at radius 2 is 1.64 bits per heavy atom. The molecule has 0 aromatic heterocycles. The molecule has 14 heavy (non-hydrogen) atoms. The van der Waals surface area contributed by atoms with Crippen LogP contribution < -0.4 is 5.48 Å². The van der Waals surface area contributed by atoms with Crippen molar-refractivity contribution in [2.45, 2.75) is 25.7 Å². The zero-order valence-electron chi connectivity index (χ0n) is 7.77. The van der Waals surface area contributed by atoms with Gasteiger partial charge in [-0.15, -0.1) is 0 Å². The molecular weight excluding hydrogens is 190 g/mol. The van der Waals surface area contributed by atoms with Crippen LogP contribution in [0.15, 0.2) is 0 Å². The number of carboxylic acid groups (broad SMARTS) is 2. The van der Waals surface area contributed by atoms with Crippen molar-refractivity contribution in [3.8, 4) is 0 Å². The van der Waals surface area contributed by atoms with Gasteiger partial charge in [-0.05, 0) is 12.8 Å². The Labute approximate surface area is 81.5 Å². The lowest BCUT2D eigenvalue weighted by Gasteiger charge is -2.06. The van der Waals surface area contributed by atoms with Crippen LogP contribution >= 0.6 is 0 Å². The van der Waals surface area contributed by atoms with E-state index in [1.54, 1.807) is 0 Å². The van der Waals surface area contributed by atoms with Crippen LogP contribution in [0, 0.1) is 5.92 Å². The minimum Gasteiger partial charge on any atom is -0.481 e. The zero-order valence-corrected chi connectivity index (χ0v) is 7.77. The summed E-state index contributed by atoms with van der Waals surface area (Å²) in [7, 11) is 0. The molecule has 0 fully saturated rings. The summed E-state index contributed by atoms with van der Waals surface area (Å²) in [4.78, 5) is 20.9. The van der Waals surface area contributed by atoms with Crippen molar-refractivity contribution in [1.82, 2.24) is 5.48 Å². The number of hydrogen-bond acceptors (Lipinski definition) is 4. The van der Waals surface area contributed by atoms with Gasteiger partial charge in [0.05, 0.1) is 0 Å². The maximum atomic E-state index is 10.4. The summed E-state index contributed by atoms with van der Waals surface area (Å²) < 4.78 is 0. The maximum absolute atomic E-state index is 10.4. The Balaban J connectivity index is 3.62. The number of rotatable bonds is 8. The van der Waals surface area contributed by atoms with Crippen LogP contribution in [0.3, 0.4) is 0 Å². The standard InChI is InChI=1S/C8H15NO5/c10-7(11)6(8(12)13)4-2-1-3-5-9-14/h6,9,14H,1-5H2,(H,10,11)(H,12,13). The second-order valence-electron chi connectivity index (χ2n) is 2.99. The van der Waals surface area contributed by atoms with Crippen LogP contribution in [0.4, 0.5) is 0 Å². The fraction of sp³-hybridized carbons (Fsp3) is 0.750. The van der Waals surface area contributed by atoms with E-state index in [1.807, 2.05) is 5.48 Å². The molecular formula is C8H15NO5. The third-order valence-electron chi connectivity index (χ3n) is 1.88. The lowest BCUT2D eigenvalue weighted by molar-refractivity contribution is -0.154. The van der Waals surface area contributed by atoms with Gasteiger partial charge in [-0.1, -0.05) is 12.8 Å². The Hall–Kier alpha value is -1.14. The van der Waals surface area contributed by atoms with Crippen LogP contribution in [0.25, 0.3) is 0 Å². The first kappa shape index (κ1) is 12.9. The van der Waals surface area contributed by atoms with E-state index in [4.69, 9.17) is 15.4 Å². The van der Waals surface area contributed by atoms with Crippen molar-refractivity contribution in [2.24, 2.45) is 5.92 Å². The highest BCUT2D eigenvalue weighted by atomic mass is 16.5. The van der Waals surface area contributed by atoms with Gasteiger partial charge in [-0.2, -0.15) is 0 Å². The lowest BCUT2D eigenvalue weighted by atomic mass is 10.0. The number of aliphatic carboxylic acids is 2. The summed E-state index contributed by atoms with van der Waals surface area (Å²) in [6.07, 6.45) is 2.06. The maximum Gasteiger partial charge on any atom is 0.317 e. The van der Waals surface area contributed by atoms with Crippen LogP contribution in [0.1, 0.15) is 25.7 Å². The van der Waals surface area contributed by atoms with Crippen molar-refractivity contribution in [2.75, 3.05) is 6.54 Å². The molecule has 82 valence electrons. The Morgan fingerprint density at radius 1 is 1.07 bits per heavy atom. The van der Waals surface area contributed by atoms with Gasteiger partial charge >= 0.3 is 11.9 Å². The van der Waals surface area contributed by atoms with Crippen molar-refractivity contribution < 1.29 is 25.0 Å². The van der Waals surface area contributed by atoms with Crippen molar-refractivity contribution in [3.05, 3.63) is 0 Å². The summed E-state index contributed by atoms with van der Waals surface area (Å²) in [6.45, 7) is 0.435. The van der Waals surface area contributed by atoms with E-state index >= 15 is 0 Å². The summed E-state index contributed by atoms with van der Waals surface area (Å²) >= 11 is 0.